The standard InChI is InChI=1S/C14H13BrFN3S/c1-9-6-11(15)8-17-13(9)19-14(20)18-7-10-2-4-12(16)5-3-10/h2-6,8H,7H2,1H3,(H2,17,18,19,20). The molecule has 0 aliphatic carbocycles. The van der Waals surface area contributed by atoms with Crippen LogP contribution in [0.15, 0.2) is 41.0 Å². The average molecular weight is 354 g/mol. The molecule has 0 fully saturated rings. The minimum absolute atomic E-state index is 0.246. The number of nitrogens with one attached hydrogen (secondary N) is 2. The Bertz CT molecular complexity index is 616. The van der Waals surface area contributed by atoms with Crippen molar-refractivity contribution >= 4 is 39.1 Å². The van der Waals surface area contributed by atoms with Gasteiger partial charge in [0.15, 0.2) is 5.11 Å². The molecular weight excluding hydrogens is 341 g/mol. The Hall–Kier alpha value is -1.53. The van der Waals surface area contributed by atoms with Gasteiger partial charge in [-0.2, -0.15) is 0 Å². The highest BCUT2D eigenvalue weighted by atomic mass is 79.9. The second-order valence-corrected chi connectivity index (χ2v) is 5.58. The summed E-state index contributed by atoms with van der Waals surface area (Å²) < 4.78 is 13.7. The van der Waals surface area contributed by atoms with E-state index in [2.05, 4.69) is 31.5 Å². The van der Waals surface area contributed by atoms with Crippen LogP contribution in [0.25, 0.3) is 0 Å². The van der Waals surface area contributed by atoms with Gasteiger partial charge in [-0.25, -0.2) is 9.37 Å². The van der Waals surface area contributed by atoms with Gasteiger partial charge in [-0.3, -0.25) is 0 Å². The maximum Gasteiger partial charge on any atom is 0.172 e. The topological polar surface area (TPSA) is 37.0 Å². The molecule has 0 spiro atoms. The molecule has 1 heterocycles. The minimum atomic E-state index is -0.246. The summed E-state index contributed by atoms with van der Waals surface area (Å²) in [5.74, 6) is 0.467. The number of hydrogen-bond donors (Lipinski definition) is 2. The third-order valence-corrected chi connectivity index (χ3v) is 3.32. The quantitative estimate of drug-likeness (QED) is 0.823. The monoisotopic (exact) mass is 353 g/mol. The maximum absolute atomic E-state index is 12.8. The molecule has 0 aliphatic heterocycles. The summed E-state index contributed by atoms with van der Waals surface area (Å²) in [5, 5.41) is 6.57. The lowest BCUT2D eigenvalue weighted by atomic mass is 10.2. The van der Waals surface area contributed by atoms with E-state index in [-0.39, 0.29) is 5.82 Å². The smallest absolute Gasteiger partial charge is 0.172 e. The lowest BCUT2D eigenvalue weighted by Gasteiger charge is -2.11. The van der Waals surface area contributed by atoms with Crippen LogP contribution in [0.4, 0.5) is 10.2 Å². The van der Waals surface area contributed by atoms with Crippen LogP contribution < -0.4 is 10.6 Å². The highest BCUT2D eigenvalue weighted by molar-refractivity contribution is 9.10. The van der Waals surface area contributed by atoms with E-state index in [0.29, 0.717) is 17.5 Å². The molecule has 6 heteroatoms. The third-order valence-electron chi connectivity index (χ3n) is 2.64. The second kappa shape index (κ2) is 6.76. The molecule has 2 aromatic rings. The predicted molar refractivity (Wildman–Crippen MR) is 86.1 cm³/mol. The van der Waals surface area contributed by atoms with E-state index in [9.17, 15) is 4.39 Å². The van der Waals surface area contributed by atoms with Gasteiger partial charge in [0.1, 0.15) is 11.6 Å². The highest BCUT2D eigenvalue weighted by Crippen LogP contribution is 2.16. The van der Waals surface area contributed by atoms with E-state index in [4.69, 9.17) is 12.2 Å². The molecule has 0 atom stereocenters. The van der Waals surface area contributed by atoms with Crippen LogP contribution in [0.3, 0.4) is 0 Å². The summed E-state index contributed by atoms with van der Waals surface area (Å²) in [6.45, 7) is 2.48. The second-order valence-electron chi connectivity index (χ2n) is 4.25. The molecular formula is C14H13BrFN3S. The van der Waals surface area contributed by atoms with Crippen molar-refractivity contribution in [3.63, 3.8) is 0 Å². The molecule has 2 N–H and O–H groups in total. The molecule has 20 heavy (non-hydrogen) atoms. The Balaban J connectivity index is 1.90. The molecule has 0 aliphatic rings. The maximum atomic E-state index is 12.8. The fraction of sp³-hybridized carbons (Fsp3) is 0.143. The molecule has 1 aromatic carbocycles. The number of benzene rings is 1. The Morgan fingerprint density at radius 1 is 1.35 bits per heavy atom. The number of aromatic nitrogens is 1. The van der Waals surface area contributed by atoms with Crippen LogP contribution in [-0.2, 0) is 6.54 Å². The number of halogens is 2. The van der Waals surface area contributed by atoms with Crippen LogP contribution in [0.1, 0.15) is 11.1 Å². The van der Waals surface area contributed by atoms with Crippen molar-refractivity contribution in [3.05, 3.63) is 57.9 Å². The largest absolute Gasteiger partial charge is 0.358 e. The molecule has 0 radical (unpaired) electrons. The van der Waals surface area contributed by atoms with Gasteiger partial charge in [0.2, 0.25) is 0 Å². The Morgan fingerprint density at radius 3 is 2.70 bits per heavy atom. The predicted octanol–water partition coefficient (Wildman–Crippen LogP) is 3.78. The number of aryl methyl sites for hydroxylation is 1. The summed E-state index contributed by atoms with van der Waals surface area (Å²) >= 11 is 8.57. The van der Waals surface area contributed by atoms with Crippen LogP contribution >= 0.6 is 28.1 Å². The van der Waals surface area contributed by atoms with Gasteiger partial charge in [-0.15, -0.1) is 0 Å². The Labute approximate surface area is 130 Å². The molecule has 3 nitrogen and oxygen atoms in total. The minimum Gasteiger partial charge on any atom is -0.358 e. The molecule has 0 unspecified atom stereocenters. The molecule has 104 valence electrons. The van der Waals surface area contributed by atoms with Gasteiger partial charge in [0, 0.05) is 17.2 Å². The molecule has 0 bridgehead atoms. The summed E-state index contributed by atoms with van der Waals surface area (Å²) in [4.78, 5) is 4.25. The average Bonchev–Trinajstić information content (AvgIpc) is 2.41. The van der Waals surface area contributed by atoms with Gasteiger partial charge in [-0.05, 0) is 64.4 Å². The van der Waals surface area contributed by atoms with E-state index in [1.165, 1.54) is 12.1 Å². The van der Waals surface area contributed by atoms with E-state index >= 15 is 0 Å². The van der Waals surface area contributed by atoms with Crippen molar-refractivity contribution < 1.29 is 4.39 Å². The van der Waals surface area contributed by atoms with Crippen LogP contribution in [0.2, 0.25) is 0 Å². The van der Waals surface area contributed by atoms with Crippen molar-refractivity contribution in [3.8, 4) is 0 Å². The van der Waals surface area contributed by atoms with Crippen LogP contribution in [0.5, 0.6) is 0 Å². The number of rotatable bonds is 3. The zero-order chi connectivity index (χ0) is 14.5. The fourth-order valence-electron chi connectivity index (χ4n) is 1.61. The SMILES string of the molecule is Cc1cc(Br)cnc1NC(=S)NCc1ccc(F)cc1. The zero-order valence-corrected chi connectivity index (χ0v) is 13.2. The van der Waals surface area contributed by atoms with Gasteiger partial charge in [-0.1, -0.05) is 12.1 Å². The molecule has 2 rings (SSSR count). The fourth-order valence-corrected chi connectivity index (χ4v) is 2.22. The summed E-state index contributed by atoms with van der Waals surface area (Å²) in [6, 6.07) is 8.24. The van der Waals surface area contributed by atoms with Gasteiger partial charge in [0.25, 0.3) is 0 Å². The Morgan fingerprint density at radius 2 is 2.05 bits per heavy atom. The van der Waals surface area contributed by atoms with E-state index in [1.807, 2.05) is 13.0 Å². The van der Waals surface area contributed by atoms with Crippen molar-refractivity contribution in [2.24, 2.45) is 0 Å². The first kappa shape index (κ1) is 14.9. The summed E-state index contributed by atoms with van der Waals surface area (Å²) in [5.41, 5.74) is 1.95. The summed E-state index contributed by atoms with van der Waals surface area (Å²) in [7, 11) is 0. The van der Waals surface area contributed by atoms with Gasteiger partial charge >= 0.3 is 0 Å². The lowest BCUT2D eigenvalue weighted by molar-refractivity contribution is 0.627. The van der Waals surface area contributed by atoms with Crippen molar-refractivity contribution in [1.82, 2.24) is 10.3 Å². The first-order valence-corrected chi connectivity index (χ1v) is 7.16. The van der Waals surface area contributed by atoms with Crippen molar-refractivity contribution in [2.75, 3.05) is 5.32 Å². The third kappa shape index (κ3) is 4.25. The highest BCUT2D eigenvalue weighted by Gasteiger charge is 2.03. The number of thiocarbonyl (C=S) groups is 1. The van der Waals surface area contributed by atoms with E-state index in [0.717, 1.165) is 15.6 Å². The lowest BCUT2D eigenvalue weighted by Crippen LogP contribution is -2.28. The molecule has 0 saturated carbocycles. The van der Waals surface area contributed by atoms with Crippen molar-refractivity contribution in [1.29, 1.82) is 0 Å². The number of pyridine rings is 1. The molecule has 0 amide bonds. The number of anilines is 1. The zero-order valence-electron chi connectivity index (χ0n) is 10.8. The molecule has 1 aromatic heterocycles. The first-order valence-electron chi connectivity index (χ1n) is 5.96. The van der Waals surface area contributed by atoms with Crippen LogP contribution in [0, 0.1) is 12.7 Å². The van der Waals surface area contributed by atoms with Gasteiger partial charge < -0.3 is 10.6 Å². The molecule has 0 saturated heterocycles. The van der Waals surface area contributed by atoms with Crippen LogP contribution in [-0.4, -0.2) is 10.1 Å². The van der Waals surface area contributed by atoms with Gasteiger partial charge in [0.05, 0.1) is 0 Å². The van der Waals surface area contributed by atoms with Crippen molar-refractivity contribution in [2.45, 2.75) is 13.5 Å². The summed E-state index contributed by atoms with van der Waals surface area (Å²) in [6.07, 6.45) is 1.71. The van der Waals surface area contributed by atoms with E-state index in [1.54, 1.807) is 18.3 Å². The Kier molecular flexibility index (Phi) is 5.03. The number of nitrogens with zero attached hydrogens (tertiary/aromatic N) is 1. The number of hydrogen-bond acceptors (Lipinski definition) is 2. The normalized spacial score (nSPS) is 10.2. The van der Waals surface area contributed by atoms with E-state index < -0.39 is 0 Å². The first-order chi connectivity index (χ1) is 9.54.